The number of fused-ring (bicyclic) bond motifs is 1. The van der Waals surface area contributed by atoms with Crippen LogP contribution in [0.3, 0.4) is 0 Å². The first-order chi connectivity index (χ1) is 8.95. The molecule has 0 spiro atoms. The second-order valence-corrected chi connectivity index (χ2v) is 7.56. The van der Waals surface area contributed by atoms with Gasteiger partial charge in [-0.3, -0.25) is 4.79 Å². The standard InChI is InChI=1S/C16H26O3/c1-11-8-12-13(19-12)9-16(11,14(17)18)10-15(2)6-4-3-5-7-15/h11-13H,3-10H2,1-2H3,(H,17,18). The van der Waals surface area contributed by atoms with Crippen LogP contribution >= 0.6 is 0 Å². The van der Waals surface area contributed by atoms with Crippen LogP contribution in [0.4, 0.5) is 0 Å². The van der Waals surface area contributed by atoms with Crippen molar-refractivity contribution >= 4 is 5.97 Å². The molecule has 0 aromatic carbocycles. The molecule has 3 nitrogen and oxygen atoms in total. The highest BCUT2D eigenvalue weighted by Gasteiger charge is 2.59. The van der Waals surface area contributed by atoms with Crippen molar-refractivity contribution in [2.45, 2.75) is 77.4 Å². The molecule has 108 valence electrons. The summed E-state index contributed by atoms with van der Waals surface area (Å²) in [5.74, 6) is -0.340. The van der Waals surface area contributed by atoms with Gasteiger partial charge in [-0.15, -0.1) is 0 Å². The van der Waals surface area contributed by atoms with Crippen LogP contribution in [0.1, 0.15) is 65.2 Å². The van der Waals surface area contributed by atoms with Gasteiger partial charge in [0.1, 0.15) is 0 Å². The Kier molecular flexibility index (Phi) is 3.16. The first kappa shape index (κ1) is 13.4. The summed E-state index contributed by atoms with van der Waals surface area (Å²) in [5.41, 5.74) is -0.309. The van der Waals surface area contributed by atoms with Gasteiger partial charge in [-0.1, -0.05) is 33.1 Å². The largest absolute Gasteiger partial charge is 0.481 e. The SMILES string of the molecule is CC1CC2OC2CC1(CC1(C)CCCCC1)C(=O)O. The first-order valence-electron chi connectivity index (χ1n) is 7.84. The molecule has 0 bridgehead atoms. The second-order valence-electron chi connectivity index (χ2n) is 7.56. The summed E-state index contributed by atoms with van der Waals surface area (Å²) >= 11 is 0. The lowest BCUT2D eigenvalue weighted by Gasteiger charge is -2.45. The molecule has 3 heteroatoms. The molecule has 2 saturated carbocycles. The lowest BCUT2D eigenvalue weighted by atomic mass is 9.57. The van der Waals surface area contributed by atoms with E-state index in [-0.39, 0.29) is 17.4 Å². The molecule has 19 heavy (non-hydrogen) atoms. The van der Waals surface area contributed by atoms with Gasteiger partial charge < -0.3 is 9.84 Å². The Balaban J connectivity index is 1.81. The van der Waals surface area contributed by atoms with Gasteiger partial charge in [0, 0.05) is 0 Å². The van der Waals surface area contributed by atoms with Crippen LogP contribution in [-0.4, -0.2) is 23.3 Å². The molecule has 0 aromatic heterocycles. The van der Waals surface area contributed by atoms with E-state index < -0.39 is 11.4 Å². The number of carboxylic acids is 1. The van der Waals surface area contributed by atoms with Crippen molar-refractivity contribution in [1.29, 1.82) is 0 Å². The Morgan fingerprint density at radius 1 is 1.26 bits per heavy atom. The monoisotopic (exact) mass is 266 g/mol. The summed E-state index contributed by atoms with van der Waals surface area (Å²) in [6.07, 6.45) is 9.37. The van der Waals surface area contributed by atoms with Gasteiger partial charge >= 0.3 is 5.97 Å². The third kappa shape index (κ3) is 2.31. The quantitative estimate of drug-likeness (QED) is 0.794. The van der Waals surface area contributed by atoms with Gasteiger partial charge in [0.2, 0.25) is 0 Å². The van der Waals surface area contributed by atoms with Crippen LogP contribution in [0.15, 0.2) is 0 Å². The topological polar surface area (TPSA) is 49.8 Å². The molecule has 1 heterocycles. The van der Waals surface area contributed by atoms with Gasteiger partial charge in [0.25, 0.3) is 0 Å². The summed E-state index contributed by atoms with van der Waals surface area (Å²) in [6, 6.07) is 0. The molecule has 1 saturated heterocycles. The maximum atomic E-state index is 12.0. The highest BCUT2D eigenvalue weighted by molar-refractivity contribution is 5.75. The number of hydrogen-bond donors (Lipinski definition) is 1. The van der Waals surface area contributed by atoms with Gasteiger partial charge in [0.15, 0.2) is 0 Å². The van der Waals surface area contributed by atoms with E-state index in [1.165, 1.54) is 32.1 Å². The normalized spacial score (nSPS) is 44.4. The van der Waals surface area contributed by atoms with Crippen molar-refractivity contribution in [3.8, 4) is 0 Å². The number of epoxide rings is 1. The Morgan fingerprint density at radius 2 is 1.95 bits per heavy atom. The number of ether oxygens (including phenoxy) is 1. The molecule has 0 radical (unpaired) electrons. The van der Waals surface area contributed by atoms with E-state index in [1.54, 1.807) is 0 Å². The van der Waals surface area contributed by atoms with E-state index in [0.717, 1.165) is 19.3 Å². The van der Waals surface area contributed by atoms with E-state index >= 15 is 0 Å². The van der Waals surface area contributed by atoms with Crippen molar-refractivity contribution in [2.24, 2.45) is 16.7 Å². The lowest BCUT2D eigenvalue weighted by molar-refractivity contribution is -0.157. The third-order valence-corrected chi connectivity index (χ3v) is 6.01. The van der Waals surface area contributed by atoms with Crippen molar-refractivity contribution in [2.75, 3.05) is 0 Å². The molecule has 3 fully saturated rings. The lowest BCUT2D eigenvalue weighted by Crippen LogP contribution is -2.46. The molecular formula is C16H26O3. The predicted molar refractivity (Wildman–Crippen MR) is 72.9 cm³/mol. The van der Waals surface area contributed by atoms with E-state index in [1.807, 2.05) is 0 Å². The highest BCUT2D eigenvalue weighted by atomic mass is 16.6. The van der Waals surface area contributed by atoms with Gasteiger partial charge in [-0.05, 0) is 43.4 Å². The molecular weight excluding hydrogens is 240 g/mol. The second kappa shape index (κ2) is 4.47. The van der Waals surface area contributed by atoms with Crippen molar-refractivity contribution < 1.29 is 14.6 Å². The number of hydrogen-bond acceptors (Lipinski definition) is 2. The minimum Gasteiger partial charge on any atom is -0.481 e. The number of carbonyl (C=O) groups is 1. The van der Waals surface area contributed by atoms with Gasteiger partial charge in [-0.2, -0.15) is 0 Å². The fraction of sp³-hybridized carbons (Fsp3) is 0.938. The molecule has 2 aliphatic carbocycles. The fourth-order valence-corrected chi connectivity index (χ4v) is 4.66. The molecule has 4 unspecified atom stereocenters. The Hall–Kier alpha value is -0.570. The van der Waals surface area contributed by atoms with Crippen molar-refractivity contribution in [1.82, 2.24) is 0 Å². The molecule has 1 aliphatic heterocycles. The maximum Gasteiger partial charge on any atom is 0.310 e. The zero-order chi connectivity index (χ0) is 13.7. The van der Waals surface area contributed by atoms with E-state index in [4.69, 9.17) is 4.74 Å². The first-order valence-corrected chi connectivity index (χ1v) is 7.84. The van der Waals surface area contributed by atoms with Gasteiger partial charge in [-0.25, -0.2) is 0 Å². The Bertz CT molecular complexity index is 372. The molecule has 0 amide bonds. The zero-order valence-electron chi connectivity index (χ0n) is 12.2. The summed E-state index contributed by atoms with van der Waals surface area (Å²) < 4.78 is 5.61. The van der Waals surface area contributed by atoms with E-state index in [2.05, 4.69) is 13.8 Å². The average molecular weight is 266 g/mol. The molecule has 1 N–H and O–H groups in total. The third-order valence-electron chi connectivity index (χ3n) is 6.01. The number of carboxylic acid groups (broad SMARTS) is 1. The fourth-order valence-electron chi connectivity index (χ4n) is 4.66. The number of aliphatic carboxylic acids is 1. The van der Waals surface area contributed by atoms with Crippen LogP contribution in [0, 0.1) is 16.7 Å². The summed E-state index contributed by atoms with van der Waals surface area (Å²) in [7, 11) is 0. The van der Waals surface area contributed by atoms with Crippen LogP contribution in [0.5, 0.6) is 0 Å². The Labute approximate surface area is 115 Å². The van der Waals surface area contributed by atoms with Crippen molar-refractivity contribution in [3.05, 3.63) is 0 Å². The number of rotatable bonds is 3. The maximum absolute atomic E-state index is 12.0. The van der Waals surface area contributed by atoms with E-state index in [0.29, 0.717) is 6.10 Å². The van der Waals surface area contributed by atoms with Crippen molar-refractivity contribution in [3.63, 3.8) is 0 Å². The minimum atomic E-state index is -0.583. The Morgan fingerprint density at radius 3 is 2.58 bits per heavy atom. The summed E-state index contributed by atoms with van der Waals surface area (Å²) in [4.78, 5) is 12.0. The predicted octanol–water partition coefficient (Wildman–Crippen LogP) is 3.62. The molecule has 3 rings (SSSR count). The average Bonchev–Trinajstić information content (AvgIpc) is 3.07. The van der Waals surface area contributed by atoms with Crippen LogP contribution in [0.2, 0.25) is 0 Å². The van der Waals surface area contributed by atoms with Crippen LogP contribution < -0.4 is 0 Å². The van der Waals surface area contributed by atoms with Crippen LogP contribution in [0.25, 0.3) is 0 Å². The molecule has 4 atom stereocenters. The summed E-state index contributed by atoms with van der Waals surface area (Å²) in [6.45, 7) is 4.43. The van der Waals surface area contributed by atoms with E-state index in [9.17, 15) is 9.90 Å². The smallest absolute Gasteiger partial charge is 0.310 e. The van der Waals surface area contributed by atoms with Crippen LogP contribution in [-0.2, 0) is 9.53 Å². The zero-order valence-corrected chi connectivity index (χ0v) is 12.2. The molecule has 3 aliphatic rings. The summed E-state index contributed by atoms with van der Waals surface area (Å²) in [5, 5.41) is 9.89. The highest BCUT2D eigenvalue weighted by Crippen LogP contribution is 2.56. The van der Waals surface area contributed by atoms with Gasteiger partial charge in [0.05, 0.1) is 17.6 Å². The minimum absolute atomic E-state index is 0.229. The molecule has 0 aromatic rings.